The van der Waals surface area contributed by atoms with Crippen molar-refractivity contribution in [3.8, 4) is 10.3 Å². The fourth-order valence-electron chi connectivity index (χ4n) is 5.25. The number of ether oxygens (including phenoxy) is 1. The van der Waals surface area contributed by atoms with Gasteiger partial charge in [0.2, 0.25) is 0 Å². The molecule has 3 aromatic heterocycles. The normalized spacial score (nSPS) is 21.0. The Morgan fingerprint density at radius 1 is 1.24 bits per heavy atom. The van der Waals surface area contributed by atoms with Crippen LogP contribution >= 0.6 is 11.9 Å². The third-order valence-electron chi connectivity index (χ3n) is 8.04. The topological polar surface area (TPSA) is 87.9 Å². The van der Waals surface area contributed by atoms with E-state index in [0.717, 1.165) is 59.7 Å². The molecule has 2 saturated carbocycles. The van der Waals surface area contributed by atoms with Crippen LogP contribution < -0.4 is 9.62 Å². The first kappa shape index (κ1) is 28.9. The number of imidazole rings is 1. The van der Waals surface area contributed by atoms with Crippen LogP contribution in [-0.2, 0) is 4.74 Å². The molecule has 0 bridgehead atoms. The summed E-state index contributed by atoms with van der Waals surface area (Å²) in [5, 5.41) is 8.13. The van der Waals surface area contributed by atoms with Crippen molar-refractivity contribution in [2.45, 2.75) is 101 Å². The third-order valence-corrected chi connectivity index (χ3v) is 11.1. The maximum atomic E-state index is 13.5. The molecule has 222 valence electrons. The van der Waals surface area contributed by atoms with Gasteiger partial charge in [-0.25, -0.2) is 0 Å². The second kappa shape index (κ2) is 10.8. The number of carbonyl (C=O) groups is 1. The molecule has 1 atom stereocenters. The molecule has 3 aliphatic rings. The Bertz CT molecular complexity index is 1450. The summed E-state index contributed by atoms with van der Waals surface area (Å²) in [7, 11) is 0. The summed E-state index contributed by atoms with van der Waals surface area (Å²) in [5.41, 5.74) is 3.10. The molecule has 1 aliphatic heterocycles. The van der Waals surface area contributed by atoms with Gasteiger partial charge in [0, 0.05) is 0 Å². The van der Waals surface area contributed by atoms with E-state index in [1.807, 2.05) is 27.7 Å². The fraction of sp³-hybridized carbons (Fsp3) is 0.643. The fourth-order valence-corrected chi connectivity index (χ4v) is 7.72. The molecule has 0 aromatic carbocycles. The number of piperazine rings is 1. The van der Waals surface area contributed by atoms with Crippen LogP contribution in [0.1, 0.15) is 89.3 Å². The quantitative estimate of drug-likeness (QED) is 0.259. The van der Waals surface area contributed by atoms with Crippen LogP contribution in [-0.4, -0.2) is 81.9 Å². The Hall–Kier alpha value is -2.21. The van der Waals surface area contributed by atoms with Crippen LogP contribution in [0.5, 0.6) is 0 Å². The van der Waals surface area contributed by atoms with Gasteiger partial charge < -0.3 is 0 Å². The molecule has 6 rings (SSSR count). The Morgan fingerprint density at radius 2 is 2.00 bits per heavy atom. The number of amides is 1. The summed E-state index contributed by atoms with van der Waals surface area (Å²) >= 11 is 0.943. The number of anilines is 1. The van der Waals surface area contributed by atoms with Gasteiger partial charge >= 0.3 is 229 Å². The summed E-state index contributed by atoms with van der Waals surface area (Å²) in [4.78, 5) is 23.2. The van der Waals surface area contributed by atoms with Gasteiger partial charge in [0.25, 0.3) is 0 Å². The first-order valence-corrected chi connectivity index (χ1v) is 16.8. The number of alkyl halides is 2. The van der Waals surface area contributed by atoms with Gasteiger partial charge in [0.15, 0.2) is 0 Å². The van der Waals surface area contributed by atoms with Crippen LogP contribution in [0.3, 0.4) is 0 Å². The van der Waals surface area contributed by atoms with Crippen LogP contribution in [0.25, 0.3) is 15.9 Å². The first-order chi connectivity index (χ1) is 19.4. The molecule has 13 heteroatoms. The summed E-state index contributed by atoms with van der Waals surface area (Å²) in [6.07, 6.45) is 4.62. The van der Waals surface area contributed by atoms with E-state index in [2.05, 4.69) is 43.4 Å². The standard InChI is InChI=1S/C28H37F2N7O2SSe/c1-16-14-35(11-12-36(16)26(38)39-27(2,3)4)19-13-18(40-34-28(5)9-10-28)15-37-21(24-32-33-25(41-24)22(29)30)20(31-23(19)37)17-7-6-8-17/h13,15-17,22,34H,6-12,14H2,1-5H3. The molecule has 1 amide bonds. The predicted octanol–water partition coefficient (Wildman–Crippen LogP) is 5.65. The van der Waals surface area contributed by atoms with E-state index in [0.29, 0.717) is 24.2 Å². The summed E-state index contributed by atoms with van der Waals surface area (Å²) in [5.74, 6) is 0.286. The summed E-state index contributed by atoms with van der Waals surface area (Å²) < 4.78 is 38.9. The van der Waals surface area contributed by atoms with Crippen LogP contribution in [0, 0.1) is 0 Å². The zero-order valence-electron chi connectivity index (χ0n) is 24.1. The molecule has 2 aliphatic carbocycles. The predicted molar refractivity (Wildman–Crippen MR) is 156 cm³/mol. The Balaban J connectivity index is 1.40. The molecule has 41 heavy (non-hydrogen) atoms. The first-order valence-electron chi connectivity index (χ1n) is 14.3. The molecule has 3 aromatic rings. The van der Waals surface area contributed by atoms with E-state index in [9.17, 15) is 13.6 Å². The van der Waals surface area contributed by atoms with Crippen molar-refractivity contribution in [1.82, 2.24) is 29.2 Å². The zero-order chi connectivity index (χ0) is 29.1. The molecule has 9 nitrogen and oxygen atoms in total. The van der Waals surface area contributed by atoms with Crippen molar-refractivity contribution in [2.75, 3.05) is 24.5 Å². The number of fused-ring (bicyclic) bond motifs is 1. The number of rotatable bonds is 7. The Morgan fingerprint density at radius 3 is 2.59 bits per heavy atom. The van der Waals surface area contributed by atoms with Gasteiger partial charge in [-0.15, -0.1) is 0 Å². The minimum Gasteiger partial charge on any atom is -0.0253 e. The minimum absolute atomic E-state index is 0.0662. The minimum atomic E-state index is -2.60. The Kier molecular flexibility index (Phi) is 7.62. The second-order valence-electron chi connectivity index (χ2n) is 12.7. The molecule has 4 heterocycles. The SMILES string of the molecule is CC1CN(c2cc(SNC3(C)CC3)cn3c(-c4nnc(C(F)F)[se]4)c(C4CCC4)nc23)CCN1C(=O)OC(C)(C)C. The Labute approximate surface area is 249 Å². The van der Waals surface area contributed by atoms with Crippen molar-refractivity contribution in [2.24, 2.45) is 0 Å². The second-order valence-corrected chi connectivity index (χ2v) is 15.7. The number of halogens is 2. The van der Waals surface area contributed by atoms with E-state index in [-0.39, 0.29) is 28.2 Å². The van der Waals surface area contributed by atoms with Crippen molar-refractivity contribution >= 4 is 43.9 Å². The smallest absolute Gasteiger partial charge is 0.0253 e. The van der Waals surface area contributed by atoms with Gasteiger partial charge in [0.1, 0.15) is 0 Å². The maximum absolute atomic E-state index is 13.5. The summed E-state index contributed by atoms with van der Waals surface area (Å²) in [6.45, 7) is 11.7. The average Bonchev–Trinajstić information content (AvgIpc) is 3.24. The molecule has 3 fully saturated rings. The number of pyridine rings is 1. The number of nitrogens with zero attached hydrogens (tertiary/aromatic N) is 6. The average molecular weight is 653 g/mol. The van der Waals surface area contributed by atoms with Crippen molar-refractivity contribution in [3.63, 3.8) is 0 Å². The van der Waals surface area contributed by atoms with E-state index in [1.54, 1.807) is 16.8 Å². The van der Waals surface area contributed by atoms with Gasteiger partial charge in [-0.1, -0.05) is 0 Å². The molecule has 0 spiro atoms. The molecule has 1 unspecified atom stereocenters. The van der Waals surface area contributed by atoms with Crippen molar-refractivity contribution in [3.05, 3.63) is 22.5 Å². The van der Waals surface area contributed by atoms with Crippen molar-refractivity contribution < 1.29 is 18.3 Å². The monoisotopic (exact) mass is 653 g/mol. The van der Waals surface area contributed by atoms with E-state index >= 15 is 0 Å². The third kappa shape index (κ3) is 6.00. The molecule has 0 radical (unpaired) electrons. The molecular formula is C28H37F2N7O2SSe. The van der Waals surface area contributed by atoms with Gasteiger partial charge in [-0.2, -0.15) is 0 Å². The number of nitrogens with one attached hydrogen (secondary N) is 1. The van der Waals surface area contributed by atoms with E-state index in [4.69, 9.17) is 9.72 Å². The van der Waals surface area contributed by atoms with E-state index < -0.39 is 26.5 Å². The number of carbonyl (C=O) groups excluding carboxylic acids is 1. The van der Waals surface area contributed by atoms with Gasteiger partial charge in [-0.3, -0.25) is 0 Å². The molecular weight excluding hydrogens is 615 g/mol. The van der Waals surface area contributed by atoms with Crippen LogP contribution in [0.15, 0.2) is 17.2 Å². The van der Waals surface area contributed by atoms with Crippen LogP contribution in [0.2, 0.25) is 0 Å². The zero-order valence-corrected chi connectivity index (χ0v) is 26.6. The van der Waals surface area contributed by atoms with E-state index in [1.165, 1.54) is 0 Å². The summed E-state index contributed by atoms with van der Waals surface area (Å²) in [6, 6.07) is 2.10. The van der Waals surface area contributed by atoms with Crippen molar-refractivity contribution in [1.29, 1.82) is 0 Å². The van der Waals surface area contributed by atoms with Crippen LogP contribution in [0.4, 0.5) is 19.3 Å². The molecule has 1 N–H and O–H groups in total. The number of hydrogen-bond donors (Lipinski definition) is 1. The molecule has 1 saturated heterocycles. The number of hydrogen-bond acceptors (Lipinski definition) is 8. The number of aromatic nitrogens is 4. The van der Waals surface area contributed by atoms with Gasteiger partial charge in [-0.05, 0) is 20.8 Å². The van der Waals surface area contributed by atoms with Gasteiger partial charge in [0.05, 0.1) is 0 Å².